The first-order valence-electron chi connectivity index (χ1n) is 10.7. The predicted octanol–water partition coefficient (Wildman–Crippen LogP) is 8.11. The molecule has 0 N–H and O–H groups in total. The van der Waals surface area contributed by atoms with Crippen molar-refractivity contribution < 1.29 is 0 Å². The number of rotatable bonds is 6. The van der Waals surface area contributed by atoms with Crippen LogP contribution in [0.4, 0.5) is 0 Å². The predicted molar refractivity (Wildman–Crippen MR) is 132 cm³/mol. The average Bonchev–Trinajstić information content (AvgIpc) is 3.31. The summed E-state index contributed by atoms with van der Waals surface area (Å²) in [4.78, 5) is 2.76. The second-order valence-corrected chi connectivity index (χ2v) is 8.90. The maximum Gasteiger partial charge on any atom is 0.0434 e. The minimum absolute atomic E-state index is 0.244. The van der Waals surface area contributed by atoms with E-state index in [1.54, 1.807) is 0 Å². The quantitative estimate of drug-likeness (QED) is 0.262. The molecule has 0 amide bonds. The van der Waals surface area contributed by atoms with Gasteiger partial charge < -0.3 is 0 Å². The van der Waals surface area contributed by atoms with Crippen LogP contribution in [0, 0.1) is 0 Å². The highest BCUT2D eigenvalue weighted by Crippen LogP contribution is 2.41. The van der Waals surface area contributed by atoms with Crippen molar-refractivity contribution in [3.63, 3.8) is 0 Å². The van der Waals surface area contributed by atoms with Crippen molar-refractivity contribution in [2.45, 2.75) is 11.8 Å². The fourth-order valence-electron chi connectivity index (χ4n) is 4.30. The molecule has 0 fully saturated rings. The lowest BCUT2D eigenvalue weighted by molar-refractivity contribution is 1.00. The van der Waals surface area contributed by atoms with Crippen LogP contribution in [0.3, 0.4) is 0 Å². The average molecular weight is 417 g/mol. The van der Waals surface area contributed by atoms with Gasteiger partial charge in [-0.15, -0.1) is 11.3 Å². The first kappa shape index (κ1) is 19.5. The highest BCUT2D eigenvalue weighted by molar-refractivity contribution is 7.12. The maximum absolute atomic E-state index is 2.32. The summed E-state index contributed by atoms with van der Waals surface area (Å²) < 4.78 is 0. The second-order valence-electron chi connectivity index (χ2n) is 7.75. The Hall–Kier alpha value is -3.42. The van der Waals surface area contributed by atoms with Crippen molar-refractivity contribution in [3.05, 3.63) is 165 Å². The highest BCUT2D eigenvalue weighted by atomic mass is 32.1. The maximum atomic E-state index is 2.32. The van der Waals surface area contributed by atoms with Crippen molar-refractivity contribution in [3.8, 4) is 0 Å². The molecular weight excluding hydrogens is 392 g/mol. The van der Waals surface area contributed by atoms with Gasteiger partial charge in [-0.3, -0.25) is 0 Å². The third kappa shape index (κ3) is 4.23. The van der Waals surface area contributed by atoms with Gasteiger partial charge in [-0.1, -0.05) is 121 Å². The molecule has 0 aliphatic heterocycles. The molecular formula is C30H24S. The van der Waals surface area contributed by atoms with Gasteiger partial charge in [-0.25, -0.2) is 0 Å². The molecule has 1 heteroatoms. The van der Waals surface area contributed by atoms with Gasteiger partial charge in [0, 0.05) is 21.6 Å². The Morgan fingerprint density at radius 1 is 0.323 bits per heavy atom. The summed E-state index contributed by atoms with van der Waals surface area (Å²) in [6.07, 6.45) is 0. The number of thiophene rings is 1. The number of hydrogen-bond acceptors (Lipinski definition) is 1. The van der Waals surface area contributed by atoms with E-state index in [1.165, 1.54) is 32.0 Å². The van der Waals surface area contributed by atoms with E-state index in [0.29, 0.717) is 0 Å². The lowest BCUT2D eigenvalue weighted by Crippen LogP contribution is -2.02. The summed E-state index contributed by atoms with van der Waals surface area (Å²) in [7, 11) is 0. The van der Waals surface area contributed by atoms with E-state index in [4.69, 9.17) is 0 Å². The molecule has 0 radical (unpaired) electrons. The fourth-order valence-corrected chi connectivity index (χ4v) is 5.63. The molecule has 0 saturated carbocycles. The van der Waals surface area contributed by atoms with Gasteiger partial charge in [0.2, 0.25) is 0 Å². The van der Waals surface area contributed by atoms with Crippen LogP contribution in [-0.4, -0.2) is 0 Å². The summed E-state index contributed by atoms with van der Waals surface area (Å²) in [6, 6.07) is 48.0. The molecule has 0 saturated heterocycles. The van der Waals surface area contributed by atoms with E-state index >= 15 is 0 Å². The normalized spacial score (nSPS) is 11.2. The van der Waals surface area contributed by atoms with Crippen molar-refractivity contribution in [1.29, 1.82) is 0 Å². The monoisotopic (exact) mass is 416 g/mol. The molecule has 150 valence electrons. The zero-order valence-electron chi connectivity index (χ0n) is 17.3. The zero-order chi connectivity index (χ0) is 20.9. The van der Waals surface area contributed by atoms with Gasteiger partial charge in [0.25, 0.3) is 0 Å². The highest BCUT2D eigenvalue weighted by Gasteiger charge is 2.23. The SMILES string of the molecule is c1ccc(C(c2ccccc2)c2ccc(C(c3ccccc3)c3ccccc3)s2)cc1. The Morgan fingerprint density at radius 3 is 0.839 bits per heavy atom. The first-order chi connectivity index (χ1) is 15.4. The van der Waals surface area contributed by atoms with Crippen molar-refractivity contribution in [1.82, 2.24) is 0 Å². The van der Waals surface area contributed by atoms with Crippen LogP contribution in [0.1, 0.15) is 43.8 Å². The van der Waals surface area contributed by atoms with Gasteiger partial charge >= 0.3 is 0 Å². The van der Waals surface area contributed by atoms with Crippen LogP contribution in [0.5, 0.6) is 0 Å². The van der Waals surface area contributed by atoms with Crippen LogP contribution in [0.2, 0.25) is 0 Å². The second kappa shape index (κ2) is 9.16. The summed E-state index contributed by atoms with van der Waals surface area (Å²) in [5.74, 6) is 0.488. The van der Waals surface area contributed by atoms with E-state index in [9.17, 15) is 0 Å². The Kier molecular flexibility index (Phi) is 5.77. The Labute approximate surface area is 188 Å². The van der Waals surface area contributed by atoms with Crippen LogP contribution < -0.4 is 0 Å². The largest absolute Gasteiger partial charge is 0.143 e. The standard InChI is InChI=1S/C30H24S/c1-5-13-23(14-6-1)29(24-15-7-2-8-16-24)27-21-22-28(31-27)30(25-17-9-3-10-18-25)26-19-11-4-12-20-26/h1-22,29-30H. The van der Waals surface area contributed by atoms with Crippen LogP contribution in [-0.2, 0) is 0 Å². The summed E-state index contributed by atoms with van der Waals surface area (Å²) >= 11 is 1.93. The summed E-state index contributed by atoms with van der Waals surface area (Å²) in [5.41, 5.74) is 5.33. The molecule has 1 aromatic heterocycles. The fraction of sp³-hybridized carbons (Fsp3) is 0.0667. The number of benzene rings is 4. The van der Waals surface area contributed by atoms with Gasteiger partial charge in [0.1, 0.15) is 0 Å². The zero-order valence-corrected chi connectivity index (χ0v) is 18.1. The molecule has 4 aromatic carbocycles. The van der Waals surface area contributed by atoms with Crippen molar-refractivity contribution >= 4 is 11.3 Å². The van der Waals surface area contributed by atoms with Gasteiger partial charge in [0.05, 0.1) is 0 Å². The molecule has 5 rings (SSSR count). The Bertz CT molecular complexity index is 1030. The molecule has 0 spiro atoms. The van der Waals surface area contributed by atoms with E-state index in [2.05, 4.69) is 133 Å². The van der Waals surface area contributed by atoms with Crippen LogP contribution in [0.15, 0.2) is 133 Å². The third-order valence-electron chi connectivity index (χ3n) is 5.75. The minimum atomic E-state index is 0.244. The van der Waals surface area contributed by atoms with Crippen molar-refractivity contribution in [2.24, 2.45) is 0 Å². The van der Waals surface area contributed by atoms with Gasteiger partial charge in [-0.05, 0) is 34.4 Å². The molecule has 1 heterocycles. The number of hydrogen-bond donors (Lipinski definition) is 0. The molecule has 0 bridgehead atoms. The van der Waals surface area contributed by atoms with Crippen molar-refractivity contribution in [2.75, 3.05) is 0 Å². The molecule has 0 atom stereocenters. The lowest BCUT2D eigenvalue weighted by Gasteiger charge is -2.18. The molecule has 0 nitrogen and oxygen atoms in total. The third-order valence-corrected chi connectivity index (χ3v) is 6.96. The van der Waals surface area contributed by atoms with Crippen LogP contribution in [0.25, 0.3) is 0 Å². The van der Waals surface area contributed by atoms with E-state index in [1.807, 2.05) is 11.3 Å². The van der Waals surface area contributed by atoms with E-state index in [0.717, 1.165) is 0 Å². The summed E-state index contributed by atoms with van der Waals surface area (Å²) in [5, 5.41) is 0. The summed E-state index contributed by atoms with van der Waals surface area (Å²) in [6.45, 7) is 0. The Morgan fingerprint density at radius 2 is 0.581 bits per heavy atom. The van der Waals surface area contributed by atoms with Crippen LogP contribution >= 0.6 is 11.3 Å². The molecule has 5 aromatic rings. The first-order valence-corrected chi connectivity index (χ1v) is 11.5. The van der Waals surface area contributed by atoms with E-state index < -0.39 is 0 Å². The topological polar surface area (TPSA) is 0 Å². The van der Waals surface area contributed by atoms with Gasteiger partial charge in [-0.2, -0.15) is 0 Å². The molecule has 31 heavy (non-hydrogen) atoms. The van der Waals surface area contributed by atoms with E-state index in [-0.39, 0.29) is 11.8 Å². The Balaban J connectivity index is 1.61. The smallest absolute Gasteiger partial charge is 0.0434 e. The molecule has 0 aliphatic rings. The lowest BCUT2D eigenvalue weighted by atomic mass is 9.89. The molecule has 0 aliphatic carbocycles. The minimum Gasteiger partial charge on any atom is -0.143 e. The molecule has 0 unspecified atom stereocenters. The van der Waals surface area contributed by atoms with Gasteiger partial charge in [0.15, 0.2) is 0 Å².